The minimum absolute atomic E-state index is 0.325. The van der Waals surface area contributed by atoms with Crippen molar-refractivity contribution in [3.63, 3.8) is 0 Å². The average molecular weight is 437 g/mol. The first-order chi connectivity index (χ1) is 14.0. The van der Waals surface area contributed by atoms with E-state index in [0.29, 0.717) is 28.3 Å². The highest BCUT2D eigenvalue weighted by molar-refractivity contribution is 6.31. The largest absolute Gasteiger partial charge is 0.493 e. The highest BCUT2D eigenvalue weighted by Crippen LogP contribution is 2.28. The molecule has 0 amide bonds. The summed E-state index contributed by atoms with van der Waals surface area (Å²) in [4.78, 5) is 15.7. The van der Waals surface area contributed by atoms with E-state index in [-0.39, 0.29) is 0 Å². The second kappa shape index (κ2) is 10.2. The number of imidazole rings is 1. The molecule has 0 spiro atoms. The molecule has 0 bridgehead atoms. The summed E-state index contributed by atoms with van der Waals surface area (Å²) in [5, 5.41) is 0.949. The second-order valence-electron chi connectivity index (χ2n) is 7.35. The molecule has 3 rings (SSSR count). The van der Waals surface area contributed by atoms with Crippen LogP contribution in [-0.2, 0) is 16.1 Å². The Morgan fingerprint density at radius 3 is 2.72 bits per heavy atom. The number of nitrogens with zero attached hydrogens (tertiary/aromatic N) is 2. The van der Waals surface area contributed by atoms with Crippen LogP contribution in [0.4, 0.5) is 0 Å². The van der Waals surface area contributed by atoms with E-state index < -0.39 is 5.97 Å². The standard InChI is InChI=1S/C22H26Cl2N2O3/c1-15-25-22(24)20(10-11-21(27)28-2)26(15)13-17-8-9-18(12-19(17)23)29-14-16-6-4-3-5-7-16/h8-12,16H,3-7,13-14H2,1-2H3/b11-10+. The molecule has 0 radical (unpaired) electrons. The van der Waals surface area contributed by atoms with Gasteiger partial charge in [0, 0.05) is 11.1 Å². The fourth-order valence-electron chi connectivity index (χ4n) is 3.60. The van der Waals surface area contributed by atoms with Crippen LogP contribution in [0.5, 0.6) is 5.75 Å². The molecule has 0 saturated heterocycles. The van der Waals surface area contributed by atoms with Gasteiger partial charge in [0.15, 0.2) is 5.15 Å². The first-order valence-corrected chi connectivity index (χ1v) is 10.6. The number of hydrogen-bond acceptors (Lipinski definition) is 4. The summed E-state index contributed by atoms with van der Waals surface area (Å²) in [7, 11) is 1.33. The molecule has 2 aromatic rings. The summed E-state index contributed by atoms with van der Waals surface area (Å²) in [6.07, 6.45) is 9.35. The van der Waals surface area contributed by atoms with Gasteiger partial charge in [-0.3, -0.25) is 0 Å². The van der Waals surface area contributed by atoms with Gasteiger partial charge in [0.2, 0.25) is 0 Å². The summed E-state index contributed by atoms with van der Waals surface area (Å²) in [5.74, 6) is 1.70. The average Bonchev–Trinajstić information content (AvgIpc) is 2.99. The number of hydrogen-bond donors (Lipinski definition) is 0. The molecule has 1 aliphatic rings. The Bertz CT molecular complexity index is 886. The molecular weight excluding hydrogens is 411 g/mol. The first-order valence-electron chi connectivity index (χ1n) is 9.87. The van der Waals surface area contributed by atoms with E-state index >= 15 is 0 Å². The third kappa shape index (κ3) is 5.77. The molecule has 156 valence electrons. The van der Waals surface area contributed by atoms with Crippen LogP contribution in [0.25, 0.3) is 6.08 Å². The number of carbonyl (C=O) groups is 1. The maximum absolute atomic E-state index is 11.4. The lowest BCUT2D eigenvalue weighted by molar-refractivity contribution is -0.134. The van der Waals surface area contributed by atoms with Gasteiger partial charge in [0.25, 0.3) is 0 Å². The second-order valence-corrected chi connectivity index (χ2v) is 8.11. The zero-order valence-corrected chi connectivity index (χ0v) is 18.3. The van der Waals surface area contributed by atoms with Gasteiger partial charge in [0.1, 0.15) is 11.6 Å². The van der Waals surface area contributed by atoms with Gasteiger partial charge in [-0.2, -0.15) is 0 Å². The maximum atomic E-state index is 11.4. The molecule has 1 heterocycles. The van der Waals surface area contributed by atoms with Crippen LogP contribution < -0.4 is 4.74 Å². The molecule has 0 N–H and O–H groups in total. The minimum Gasteiger partial charge on any atom is -0.493 e. The summed E-state index contributed by atoms with van der Waals surface area (Å²) < 4.78 is 12.5. The highest BCUT2D eigenvalue weighted by atomic mass is 35.5. The van der Waals surface area contributed by atoms with Crippen molar-refractivity contribution in [1.29, 1.82) is 0 Å². The van der Waals surface area contributed by atoms with Crippen molar-refractivity contribution in [2.45, 2.75) is 45.6 Å². The van der Waals surface area contributed by atoms with Gasteiger partial charge in [-0.1, -0.05) is 48.5 Å². The van der Waals surface area contributed by atoms with E-state index in [1.165, 1.54) is 45.3 Å². The maximum Gasteiger partial charge on any atom is 0.330 e. The van der Waals surface area contributed by atoms with Crippen molar-refractivity contribution in [2.75, 3.05) is 13.7 Å². The number of benzene rings is 1. The van der Waals surface area contributed by atoms with Gasteiger partial charge >= 0.3 is 5.97 Å². The van der Waals surface area contributed by atoms with Crippen molar-refractivity contribution in [3.8, 4) is 5.75 Å². The molecule has 29 heavy (non-hydrogen) atoms. The third-order valence-electron chi connectivity index (χ3n) is 5.29. The van der Waals surface area contributed by atoms with Crippen LogP contribution in [0.3, 0.4) is 0 Å². The van der Waals surface area contributed by atoms with Gasteiger partial charge in [-0.25, -0.2) is 9.78 Å². The zero-order valence-electron chi connectivity index (χ0n) is 16.8. The molecule has 0 aliphatic heterocycles. The fraction of sp³-hybridized carbons (Fsp3) is 0.455. The number of carbonyl (C=O) groups excluding carboxylic acids is 1. The predicted octanol–water partition coefficient (Wildman–Crippen LogP) is 5.69. The normalized spacial score (nSPS) is 15.0. The third-order valence-corrected chi connectivity index (χ3v) is 5.92. The lowest BCUT2D eigenvalue weighted by atomic mass is 9.90. The number of esters is 1. The topological polar surface area (TPSA) is 53.3 Å². The van der Waals surface area contributed by atoms with Crippen molar-refractivity contribution in [2.24, 2.45) is 5.92 Å². The Morgan fingerprint density at radius 2 is 2.03 bits per heavy atom. The molecule has 0 unspecified atom stereocenters. The number of ether oxygens (including phenoxy) is 2. The van der Waals surface area contributed by atoms with E-state index in [2.05, 4.69) is 9.72 Å². The molecular formula is C22H26Cl2N2O3. The molecule has 1 aliphatic carbocycles. The van der Waals surface area contributed by atoms with Crippen LogP contribution in [0.1, 0.15) is 49.2 Å². The molecule has 7 heteroatoms. The van der Waals surface area contributed by atoms with Gasteiger partial charge in [-0.05, 0) is 49.5 Å². The van der Waals surface area contributed by atoms with Gasteiger partial charge in [0.05, 0.1) is 26.0 Å². The lowest BCUT2D eigenvalue weighted by Gasteiger charge is -2.21. The van der Waals surface area contributed by atoms with Gasteiger partial charge in [-0.15, -0.1) is 0 Å². The highest BCUT2D eigenvalue weighted by Gasteiger charge is 2.16. The van der Waals surface area contributed by atoms with E-state index in [1.807, 2.05) is 29.7 Å². The van der Waals surface area contributed by atoms with Crippen molar-refractivity contribution < 1.29 is 14.3 Å². The molecule has 1 aromatic heterocycles. The van der Waals surface area contributed by atoms with Crippen molar-refractivity contribution in [3.05, 3.63) is 51.5 Å². The SMILES string of the molecule is COC(=O)/C=C/c1c(Cl)nc(C)n1Cc1ccc(OCC2CCCCC2)cc1Cl. The Hall–Kier alpha value is -1.98. The van der Waals surface area contributed by atoms with Crippen molar-refractivity contribution in [1.82, 2.24) is 9.55 Å². The Kier molecular flexibility index (Phi) is 7.62. The van der Waals surface area contributed by atoms with Crippen LogP contribution >= 0.6 is 23.2 Å². The Labute approximate surface area is 181 Å². The molecule has 1 fully saturated rings. The van der Waals surface area contributed by atoms with Gasteiger partial charge < -0.3 is 14.0 Å². The molecule has 0 atom stereocenters. The number of aromatic nitrogens is 2. The summed E-state index contributed by atoms with van der Waals surface area (Å²) in [5.41, 5.74) is 1.55. The van der Waals surface area contributed by atoms with Crippen LogP contribution in [-0.4, -0.2) is 29.2 Å². The zero-order chi connectivity index (χ0) is 20.8. The Morgan fingerprint density at radius 1 is 1.28 bits per heavy atom. The summed E-state index contributed by atoms with van der Waals surface area (Å²) in [6, 6.07) is 5.76. The van der Waals surface area contributed by atoms with Crippen LogP contribution in [0.2, 0.25) is 10.2 Å². The smallest absolute Gasteiger partial charge is 0.330 e. The first kappa shape index (κ1) is 21.7. The fourth-order valence-corrected chi connectivity index (χ4v) is 4.12. The number of methoxy groups -OCH3 is 1. The van der Waals surface area contributed by atoms with Crippen LogP contribution in [0, 0.1) is 12.8 Å². The van der Waals surface area contributed by atoms with Crippen molar-refractivity contribution >= 4 is 35.2 Å². The molecule has 1 aromatic carbocycles. The lowest BCUT2D eigenvalue weighted by Crippen LogP contribution is -2.15. The van der Waals surface area contributed by atoms with E-state index in [4.69, 9.17) is 27.9 Å². The van der Waals surface area contributed by atoms with E-state index in [1.54, 1.807) is 6.08 Å². The predicted molar refractivity (Wildman–Crippen MR) is 116 cm³/mol. The van der Waals surface area contributed by atoms with E-state index in [0.717, 1.165) is 23.7 Å². The van der Waals surface area contributed by atoms with E-state index in [9.17, 15) is 4.79 Å². The summed E-state index contributed by atoms with van der Waals surface area (Å²) in [6.45, 7) is 3.08. The molecule has 5 nitrogen and oxygen atoms in total. The number of halogens is 2. The Balaban J connectivity index is 1.72. The monoisotopic (exact) mass is 436 g/mol. The number of rotatable bonds is 7. The minimum atomic E-state index is -0.455. The summed E-state index contributed by atoms with van der Waals surface area (Å²) >= 11 is 12.8. The quantitative estimate of drug-likeness (QED) is 0.412. The van der Waals surface area contributed by atoms with Crippen LogP contribution in [0.15, 0.2) is 24.3 Å². The molecule has 1 saturated carbocycles. The number of aryl methyl sites for hydroxylation is 1.